The molecule has 1 aliphatic carbocycles. The van der Waals surface area contributed by atoms with Gasteiger partial charge in [-0.05, 0) is 25.7 Å². The van der Waals surface area contributed by atoms with Crippen LogP contribution in [-0.2, 0) is 4.79 Å². The Balaban J connectivity index is 2.41. The van der Waals surface area contributed by atoms with Gasteiger partial charge >= 0.3 is 0 Å². The topological polar surface area (TPSA) is 49.3 Å². The predicted octanol–water partition coefficient (Wildman–Crippen LogP) is 1.17. The van der Waals surface area contributed by atoms with E-state index >= 15 is 0 Å². The lowest BCUT2D eigenvalue weighted by molar-refractivity contribution is -0.130. The second-order valence-corrected chi connectivity index (χ2v) is 3.49. The molecule has 1 aliphatic rings. The first-order valence-electron chi connectivity index (χ1n) is 4.70. The third-order valence-electron chi connectivity index (χ3n) is 2.37. The molecule has 0 spiro atoms. The van der Waals surface area contributed by atoms with Crippen molar-refractivity contribution in [3.8, 4) is 0 Å². The lowest BCUT2D eigenvalue weighted by atomic mass is 9.92. The second-order valence-electron chi connectivity index (χ2n) is 3.49. The van der Waals surface area contributed by atoms with Crippen LogP contribution in [0.15, 0.2) is 0 Å². The molecule has 0 saturated heterocycles. The van der Waals surface area contributed by atoms with Crippen molar-refractivity contribution in [1.29, 1.82) is 0 Å². The zero-order chi connectivity index (χ0) is 9.03. The van der Waals surface area contributed by atoms with E-state index in [-0.39, 0.29) is 5.91 Å². The fraction of sp³-hybridized carbons (Fsp3) is 0.889. The third kappa shape index (κ3) is 2.48. The van der Waals surface area contributed by atoms with Gasteiger partial charge in [0.1, 0.15) is 5.72 Å². The van der Waals surface area contributed by atoms with Gasteiger partial charge in [0.15, 0.2) is 0 Å². The Morgan fingerprint density at radius 1 is 1.42 bits per heavy atom. The number of amides is 1. The van der Waals surface area contributed by atoms with Gasteiger partial charge in [-0.2, -0.15) is 0 Å². The molecule has 0 aromatic rings. The average molecular weight is 171 g/mol. The fourth-order valence-corrected chi connectivity index (χ4v) is 1.61. The Labute approximate surface area is 73.2 Å². The van der Waals surface area contributed by atoms with Crippen LogP contribution in [0.2, 0.25) is 0 Å². The van der Waals surface area contributed by atoms with Crippen molar-refractivity contribution >= 4 is 5.91 Å². The first kappa shape index (κ1) is 9.52. The summed E-state index contributed by atoms with van der Waals surface area (Å²) < 4.78 is 0. The lowest BCUT2D eigenvalue weighted by Gasteiger charge is -2.32. The molecule has 3 nitrogen and oxygen atoms in total. The highest BCUT2D eigenvalue weighted by Gasteiger charge is 2.29. The molecule has 70 valence electrons. The van der Waals surface area contributed by atoms with Gasteiger partial charge < -0.3 is 10.4 Å². The summed E-state index contributed by atoms with van der Waals surface area (Å²) >= 11 is 0. The number of carbonyl (C=O) groups is 1. The van der Waals surface area contributed by atoms with Gasteiger partial charge in [-0.15, -0.1) is 0 Å². The SMILES string of the molecule is CCC(=O)NC1(O)CCCCC1. The van der Waals surface area contributed by atoms with E-state index in [1.54, 1.807) is 6.92 Å². The van der Waals surface area contributed by atoms with E-state index in [2.05, 4.69) is 5.32 Å². The van der Waals surface area contributed by atoms with Gasteiger partial charge in [0, 0.05) is 6.42 Å². The van der Waals surface area contributed by atoms with E-state index in [1.165, 1.54) is 6.42 Å². The van der Waals surface area contributed by atoms with Crippen LogP contribution in [0.5, 0.6) is 0 Å². The molecule has 1 rings (SSSR count). The monoisotopic (exact) mass is 171 g/mol. The molecule has 3 heteroatoms. The lowest BCUT2D eigenvalue weighted by Crippen LogP contribution is -2.49. The normalized spacial score (nSPS) is 21.8. The highest BCUT2D eigenvalue weighted by atomic mass is 16.3. The number of nitrogens with one attached hydrogen (secondary N) is 1. The minimum atomic E-state index is -0.897. The van der Waals surface area contributed by atoms with Crippen LogP contribution in [0.3, 0.4) is 0 Å². The van der Waals surface area contributed by atoms with Crippen molar-refractivity contribution in [1.82, 2.24) is 5.32 Å². The summed E-state index contributed by atoms with van der Waals surface area (Å²) in [6.07, 6.45) is 5.06. The molecule has 2 N–H and O–H groups in total. The van der Waals surface area contributed by atoms with E-state index in [0.29, 0.717) is 19.3 Å². The molecule has 12 heavy (non-hydrogen) atoms. The van der Waals surface area contributed by atoms with Crippen LogP contribution in [0, 0.1) is 0 Å². The smallest absolute Gasteiger partial charge is 0.221 e. The maximum absolute atomic E-state index is 11.0. The van der Waals surface area contributed by atoms with Crippen molar-refractivity contribution in [2.45, 2.75) is 51.2 Å². The Kier molecular flexibility index (Phi) is 3.09. The minimum absolute atomic E-state index is 0.0561. The zero-order valence-electron chi connectivity index (χ0n) is 7.60. The van der Waals surface area contributed by atoms with E-state index < -0.39 is 5.72 Å². The number of aliphatic hydroxyl groups is 1. The van der Waals surface area contributed by atoms with Gasteiger partial charge in [0.2, 0.25) is 5.91 Å². The van der Waals surface area contributed by atoms with Crippen LogP contribution in [0.4, 0.5) is 0 Å². The van der Waals surface area contributed by atoms with Crippen LogP contribution >= 0.6 is 0 Å². The molecule has 0 atom stereocenters. The maximum Gasteiger partial charge on any atom is 0.221 e. The first-order chi connectivity index (χ1) is 5.66. The Hall–Kier alpha value is -0.570. The summed E-state index contributed by atoms with van der Waals surface area (Å²) in [5.41, 5.74) is -0.897. The van der Waals surface area contributed by atoms with E-state index in [1.807, 2.05) is 0 Å². The summed E-state index contributed by atoms with van der Waals surface area (Å²) in [4.78, 5) is 11.0. The second kappa shape index (κ2) is 3.90. The van der Waals surface area contributed by atoms with E-state index in [0.717, 1.165) is 12.8 Å². The maximum atomic E-state index is 11.0. The van der Waals surface area contributed by atoms with Crippen molar-refractivity contribution in [2.75, 3.05) is 0 Å². The van der Waals surface area contributed by atoms with Gasteiger partial charge in [0.05, 0.1) is 0 Å². The number of carbonyl (C=O) groups excluding carboxylic acids is 1. The van der Waals surface area contributed by atoms with E-state index in [4.69, 9.17) is 0 Å². The highest BCUT2D eigenvalue weighted by molar-refractivity contribution is 5.76. The molecule has 0 radical (unpaired) electrons. The Bertz CT molecular complexity index is 162. The molecular formula is C9H17NO2. The van der Waals surface area contributed by atoms with Crippen molar-refractivity contribution in [2.24, 2.45) is 0 Å². The van der Waals surface area contributed by atoms with Crippen molar-refractivity contribution in [3.63, 3.8) is 0 Å². The summed E-state index contributed by atoms with van der Waals surface area (Å²) in [6, 6.07) is 0. The molecule has 1 fully saturated rings. The molecule has 0 aromatic carbocycles. The molecule has 0 aromatic heterocycles. The molecular weight excluding hydrogens is 154 g/mol. The van der Waals surface area contributed by atoms with Crippen LogP contribution in [-0.4, -0.2) is 16.7 Å². The van der Waals surface area contributed by atoms with Crippen molar-refractivity contribution < 1.29 is 9.90 Å². The number of hydrogen-bond acceptors (Lipinski definition) is 2. The minimum Gasteiger partial charge on any atom is -0.371 e. The highest BCUT2D eigenvalue weighted by Crippen LogP contribution is 2.25. The van der Waals surface area contributed by atoms with Crippen LogP contribution in [0.25, 0.3) is 0 Å². The quantitative estimate of drug-likeness (QED) is 0.613. The summed E-state index contributed by atoms with van der Waals surface area (Å²) in [6.45, 7) is 1.79. The Morgan fingerprint density at radius 3 is 2.50 bits per heavy atom. The van der Waals surface area contributed by atoms with Crippen LogP contribution < -0.4 is 5.32 Å². The van der Waals surface area contributed by atoms with Gasteiger partial charge in [-0.1, -0.05) is 13.3 Å². The molecule has 0 aliphatic heterocycles. The fourth-order valence-electron chi connectivity index (χ4n) is 1.61. The van der Waals surface area contributed by atoms with Crippen molar-refractivity contribution in [3.05, 3.63) is 0 Å². The third-order valence-corrected chi connectivity index (χ3v) is 2.37. The zero-order valence-corrected chi connectivity index (χ0v) is 7.60. The molecule has 1 saturated carbocycles. The Morgan fingerprint density at radius 2 is 2.00 bits per heavy atom. The standard InChI is InChI=1S/C9H17NO2/c1-2-8(11)10-9(12)6-4-3-5-7-9/h12H,2-7H2,1H3,(H,10,11). The van der Waals surface area contributed by atoms with E-state index in [9.17, 15) is 9.90 Å². The summed E-state index contributed by atoms with van der Waals surface area (Å²) in [5, 5.41) is 12.5. The predicted molar refractivity (Wildman–Crippen MR) is 46.5 cm³/mol. The molecule has 1 amide bonds. The number of hydrogen-bond donors (Lipinski definition) is 2. The van der Waals surface area contributed by atoms with Gasteiger partial charge in [0.25, 0.3) is 0 Å². The average Bonchev–Trinajstić information content (AvgIpc) is 2.05. The first-order valence-corrected chi connectivity index (χ1v) is 4.70. The van der Waals surface area contributed by atoms with Gasteiger partial charge in [-0.25, -0.2) is 0 Å². The van der Waals surface area contributed by atoms with Crippen LogP contribution in [0.1, 0.15) is 45.4 Å². The molecule has 0 unspecified atom stereocenters. The summed E-state index contributed by atoms with van der Waals surface area (Å²) in [7, 11) is 0. The van der Waals surface area contributed by atoms with Gasteiger partial charge in [-0.3, -0.25) is 4.79 Å². The molecule has 0 bridgehead atoms. The largest absolute Gasteiger partial charge is 0.371 e. The molecule has 0 heterocycles. The number of rotatable bonds is 2. The summed E-state index contributed by atoms with van der Waals surface area (Å²) in [5.74, 6) is -0.0561.